The summed E-state index contributed by atoms with van der Waals surface area (Å²) in [6.07, 6.45) is 5.07. The summed E-state index contributed by atoms with van der Waals surface area (Å²) in [5, 5.41) is 9.42. The molecule has 5 heteroatoms. The first-order valence-corrected chi connectivity index (χ1v) is 7.22. The maximum atomic E-state index is 9.42. The van der Waals surface area contributed by atoms with E-state index in [1.165, 1.54) is 6.42 Å². The van der Waals surface area contributed by atoms with Gasteiger partial charge in [0.2, 0.25) is 0 Å². The number of aliphatic hydroxyl groups is 1. The smallest absolute Gasteiger partial charge is 0.134 e. The maximum absolute atomic E-state index is 9.42. The summed E-state index contributed by atoms with van der Waals surface area (Å²) >= 11 is 0. The minimum Gasteiger partial charge on any atom is -0.394 e. The molecule has 0 aliphatic carbocycles. The lowest BCUT2D eigenvalue weighted by Crippen LogP contribution is -2.33. The first-order chi connectivity index (χ1) is 9.28. The third-order valence-corrected chi connectivity index (χ3v) is 4.27. The van der Waals surface area contributed by atoms with Crippen LogP contribution in [0.3, 0.4) is 0 Å². The summed E-state index contributed by atoms with van der Waals surface area (Å²) in [5.74, 6) is 2.73. The van der Waals surface area contributed by atoms with Gasteiger partial charge in [-0.2, -0.15) is 0 Å². The predicted molar refractivity (Wildman–Crippen MR) is 75.5 cm³/mol. The van der Waals surface area contributed by atoms with Gasteiger partial charge in [0.25, 0.3) is 0 Å². The van der Waals surface area contributed by atoms with Crippen molar-refractivity contribution in [1.29, 1.82) is 0 Å². The van der Waals surface area contributed by atoms with Gasteiger partial charge in [-0.15, -0.1) is 0 Å². The Balaban J connectivity index is 1.79. The van der Waals surface area contributed by atoms with Gasteiger partial charge in [-0.1, -0.05) is 6.92 Å². The summed E-state index contributed by atoms with van der Waals surface area (Å²) in [6, 6.07) is 2.30. The van der Waals surface area contributed by atoms with Crippen molar-refractivity contribution in [3.05, 3.63) is 12.4 Å². The van der Waals surface area contributed by atoms with E-state index in [0.717, 1.165) is 50.0 Å². The average Bonchev–Trinajstić information content (AvgIpc) is 3.07. The Morgan fingerprint density at radius 2 is 2.11 bits per heavy atom. The number of aliphatic hydroxyl groups excluding tert-OH is 1. The van der Waals surface area contributed by atoms with Crippen LogP contribution in [0.4, 0.5) is 11.6 Å². The van der Waals surface area contributed by atoms with E-state index in [0.29, 0.717) is 0 Å². The average molecular weight is 262 g/mol. The van der Waals surface area contributed by atoms with Gasteiger partial charge in [-0.05, 0) is 25.2 Å². The van der Waals surface area contributed by atoms with Gasteiger partial charge in [-0.25, -0.2) is 9.97 Å². The normalized spacial score (nSPS) is 27.3. The third kappa shape index (κ3) is 2.52. The van der Waals surface area contributed by atoms with Crippen molar-refractivity contribution in [3.8, 4) is 0 Å². The molecule has 2 atom stereocenters. The molecule has 2 saturated heterocycles. The van der Waals surface area contributed by atoms with Crippen LogP contribution in [-0.4, -0.2) is 47.4 Å². The van der Waals surface area contributed by atoms with Crippen LogP contribution in [0.25, 0.3) is 0 Å². The van der Waals surface area contributed by atoms with E-state index in [2.05, 4.69) is 32.8 Å². The number of anilines is 2. The lowest BCUT2D eigenvalue weighted by atomic mass is 10.2. The largest absolute Gasteiger partial charge is 0.394 e. The Bertz CT molecular complexity index is 439. The predicted octanol–water partition coefficient (Wildman–Crippen LogP) is 1.28. The van der Waals surface area contributed by atoms with E-state index >= 15 is 0 Å². The topological polar surface area (TPSA) is 52.5 Å². The maximum Gasteiger partial charge on any atom is 0.134 e. The van der Waals surface area contributed by atoms with Crippen molar-refractivity contribution in [2.75, 3.05) is 36.0 Å². The first kappa shape index (κ1) is 12.7. The van der Waals surface area contributed by atoms with Crippen LogP contribution in [-0.2, 0) is 0 Å². The molecule has 0 saturated carbocycles. The first-order valence-electron chi connectivity index (χ1n) is 7.22. The molecule has 1 N–H and O–H groups in total. The lowest BCUT2D eigenvalue weighted by molar-refractivity contribution is 0.266. The molecular weight excluding hydrogens is 240 g/mol. The van der Waals surface area contributed by atoms with E-state index in [4.69, 9.17) is 0 Å². The van der Waals surface area contributed by atoms with Crippen LogP contribution in [0.1, 0.15) is 26.2 Å². The molecule has 3 heterocycles. The van der Waals surface area contributed by atoms with Gasteiger partial charge >= 0.3 is 0 Å². The highest BCUT2D eigenvalue weighted by atomic mass is 16.3. The van der Waals surface area contributed by atoms with Crippen molar-refractivity contribution in [2.24, 2.45) is 5.92 Å². The van der Waals surface area contributed by atoms with Gasteiger partial charge in [-0.3, -0.25) is 0 Å². The van der Waals surface area contributed by atoms with Crippen LogP contribution < -0.4 is 9.80 Å². The fourth-order valence-electron chi connectivity index (χ4n) is 3.14. The molecule has 0 unspecified atom stereocenters. The Morgan fingerprint density at radius 3 is 2.84 bits per heavy atom. The standard InChI is InChI=1S/C14H22N4O/c1-11-4-6-17(8-11)13-7-14(16-10-15-13)18-5-2-3-12(18)9-19/h7,10-12,19H,2-6,8-9H2,1H3/t11-,12+/m1/s1. The van der Waals surface area contributed by atoms with Gasteiger partial charge in [0.05, 0.1) is 12.6 Å². The van der Waals surface area contributed by atoms with Crippen molar-refractivity contribution >= 4 is 11.6 Å². The van der Waals surface area contributed by atoms with Crippen LogP contribution in [0, 0.1) is 5.92 Å². The van der Waals surface area contributed by atoms with Crippen LogP contribution >= 0.6 is 0 Å². The van der Waals surface area contributed by atoms with E-state index in [-0.39, 0.29) is 12.6 Å². The molecule has 0 radical (unpaired) electrons. The molecule has 19 heavy (non-hydrogen) atoms. The molecule has 2 aliphatic heterocycles. The fraction of sp³-hybridized carbons (Fsp3) is 0.714. The SMILES string of the molecule is C[C@@H]1CCN(c2cc(N3CCC[C@H]3CO)ncn2)C1. The molecule has 0 amide bonds. The summed E-state index contributed by atoms with van der Waals surface area (Å²) in [4.78, 5) is 13.3. The number of nitrogens with zero attached hydrogens (tertiary/aromatic N) is 4. The molecule has 0 aromatic carbocycles. The molecule has 0 bridgehead atoms. The second-order valence-electron chi connectivity index (χ2n) is 5.75. The number of rotatable bonds is 3. The molecule has 3 rings (SSSR count). The van der Waals surface area contributed by atoms with Crippen molar-refractivity contribution in [3.63, 3.8) is 0 Å². The molecule has 104 valence electrons. The van der Waals surface area contributed by atoms with Crippen molar-refractivity contribution in [1.82, 2.24) is 9.97 Å². The summed E-state index contributed by atoms with van der Waals surface area (Å²) in [7, 11) is 0. The Kier molecular flexibility index (Phi) is 3.55. The quantitative estimate of drug-likeness (QED) is 0.889. The second-order valence-corrected chi connectivity index (χ2v) is 5.75. The van der Waals surface area contributed by atoms with Gasteiger partial charge in [0, 0.05) is 25.7 Å². The van der Waals surface area contributed by atoms with Gasteiger partial charge in [0.15, 0.2) is 0 Å². The zero-order valence-corrected chi connectivity index (χ0v) is 11.5. The Hall–Kier alpha value is -1.36. The second kappa shape index (κ2) is 5.33. The number of hydrogen-bond acceptors (Lipinski definition) is 5. The van der Waals surface area contributed by atoms with E-state index in [1.54, 1.807) is 6.33 Å². The van der Waals surface area contributed by atoms with E-state index < -0.39 is 0 Å². The van der Waals surface area contributed by atoms with Crippen molar-refractivity contribution in [2.45, 2.75) is 32.2 Å². The lowest BCUT2D eigenvalue weighted by Gasteiger charge is -2.25. The Labute approximate surface area is 114 Å². The molecular formula is C14H22N4O. The molecule has 5 nitrogen and oxygen atoms in total. The number of hydrogen-bond donors (Lipinski definition) is 1. The van der Waals surface area contributed by atoms with E-state index in [1.807, 2.05) is 0 Å². The summed E-state index contributed by atoms with van der Waals surface area (Å²) in [5.41, 5.74) is 0. The van der Waals surface area contributed by atoms with Crippen LogP contribution in [0.2, 0.25) is 0 Å². The van der Waals surface area contributed by atoms with Crippen LogP contribution in [0.15, 0.2) is 12.4 Å². The molecule has 0 spiro atoms. The van der Waals surface area contributed by atoms with Gasteiger partial charge in [0.1, 0.15) is 18.0 Å². The minimum atomic E-state index is 0.208. The molecule has 1 aromatic rings. The molecule has 1 aromatic heterocycles. The monoisotopic (exact) mass is 262 g/mol. The highest BCUT2D eigenvalue weighted by molar-refractivity contribution is 5.51. The van der Waals surface area contributed by atoms with Crippen LogP contribution in [0.5, 0.6) is 0 Å². The third-order valence-electron chi connectivity index (χ3n) is 4.27. The van der Waals surface area contributed by atoms with Gasteiger partial charge < -0.3 is 14.9 Å². The zero-order chi connectivity index (χ0) is 13.2. The van der Waals surface area contributed by atoms with E-state index in [9.17, 15) is 5.11 Å². The molecule has 2 aliphatic rings. The fourth-order valence-corrected chi connectivity index (χ4v) is 3.14. The highest BCUT2D eigenvalue weighted by Gasteiger charge is 2.26. The highest BCUT2D eigenvalue weighted by Crippen LogP contribution is 2.27. The molecule has 2 fully saturated rings. The summed E-state index contributed by atoms with van der Waals surface area (Å²) in [6.45, 7) is 5.64. The minimum absolute atomic E-state index is 0.208. The summed E-state index contributed by atoms with van der Waals surface area (Å²) < 4.78 is 0. The number of aromatic nitrogens is 2. The zero-order valence-electron chi connectivity index (χ0n) is 11.5. The Morgan fingerprint density at radius 1 is 1.26 bits per heavy atom. The van der Waals surface area contributed by atoms with Crippen molar-refractivity contribution < 1.29 is 5.11 Å².